The average Bonchev–Trinajstić information content (AvgIpc) is 2.47. The summed E-state index contributed by atoms with van der Waals surface area (Å²) in [7, 11) is 1.50. The first-order valence-corrected chi connectivity index (χ1v) is 6.22. The fraction of sp³-hybridized carbons (Fsp3) is 0.133. The van der Waals surface area contributed by atoms with Gasteiger partial charge < -0.3 is 15.4 Å². The van der Waals surface area contributed by atoms with E-state index in [-0.39, 0.29) is 18.1 Å². The van der Waals surface area contributed by atoms with Crippen LogP contribution in [0.1, 0.15) is 0 Å². The van der Waals surface area contributed by atoms with E-state index in [9.17, 15) is 13.6 Å². The van der Waals surface area contributed by atoms with Gasteiger partial charge in [0.1, 0.15) is 17.4 Å². The van der Waals surface area contributed by atoms with Gasteiger partial charge in [-0.15, -0.1) is 0 Å². The van der Waals surface area contributed by atoms with Gasteiger partial charge in [0.15, 0.2) is 0 Å². The summed E-state index contributed by atoms with van der Waals surface area (Å²) in [5, 5.41) is 5.24. The molecular formula is C15H14F2N2O2. The van der Waals surface area contributed by atoms with Gasteiger partial charge in [0.25, 0.3) is 0 Å². The molecule has 0 saturated heterocycles. The van der Waals surface area contributed by atoms with E-state index in [1.807, 2.05) is 0 Å². The standard InChI is InChI=1S/C15H14F2N2O2/c1-21-14-5-3-2-4-13(14)19-15(20)9-18-12-7-6-10(16)8-11(12)17/h2-8,18H,9H2,1H3,(H,19,20). The fourth-order valence-electron chi connectivity index (χ4n) is 1.75. The second-order valence-electron chi connectivity index (χ2n) is 4.23. The molecule has 2 rings (SSSR count). The Labute approximate surface area is 120 Å². The maximum Gasteiger partial charge on any atom is 0.243 e. The number of nitrogens with one attached hydrogen (secondary N) is 2. The molecule has 21 heavy (non-hydrogen) atoms. The third-order valence-corrected chi connectivity index (χ3v) is 2.75. The Morgan fingerprint density at radius 3 is 2.62 bits per heavy atom. The number of para-hydroxylation sites is 2. The molecule has 0 fully saturated rings. The van der Waals surface area contributed by atoms with Crippen LogP contribution in [0.25, 0.3) is 0 Å². The van der Waals surface area contributed by atoms with E-state index < -0.39 is 11.6 Å². The number of hydrogen-bond donors (Lipinski definition) is 2. The van der Waals surface area contributed by atoms with E-state index in [0.717, 1.165) is 12.1 Å². The van der Waals surface area contributed by atoms with Gasteiger partial charge in [0, 0.05) is 6.07 Å². The molecule has 0 aliphatic rings. The van der Waals surface area contributed by atoms with Crippen molar-refractivity contribution in [1.82, 2.24) is 0 Å². The van der Waals surface area contributed by atoms with Crippen LogP contribution in [-0.2, 0) is 4.79 Å². The molecule has 0 aromatic heterocycles. The predicted octanol–water partition coefficient (Wildman–Crippen LogP) is 3.02. The fourth-order valence-corrected chi connectivity index (χ4v) is 1.75. The first kappa shape index (κ1) is 14.8. The van der Waals surface area contributed by atoms with Crippen LogP contribution in [0.15, 0.2) is 42.5 Å². The molecule has 0 heterocycles. The van der Waals surface area contributed by atoms with Crippen LogP contribution in [-0.4, -0.2) is 19.6 Å². The summed E-state index contributed by atoms with van der Waals surface area (Å²) in [6.45, 7) is -0.152. The summed E-state index contributed by atoms with van der Waals surface area (Å²) >= 11 is 0. The van der Waals surface area contributed by atoms with Crippen LogP contribution >= 0.6 is 0 Å². The van der Waals surface area contributed by atoms with Gasteiger partial charge >= 0.3 is 0 Å². The maximum absolute atomic E-state index is 13.4. The lowest BCUT2D eigenvalue weighted by Crippen LogP contribution is -2.22. The molecule has 2 aromatic carbocycles. The molecule has 0 bridgehead atoms. The Bertz CT molecular complexity index is 647. The van der Waals surface area contributed by atoms with Crippen molar-refractivity contribution in [1.29, 1.82) is 0 Å². The highest BCUT2D eigenvalue weighted by molar-refractivity contribution is 5.95. The van der Waals surface area contributed by atoms with Crippen molar-refractivity contribution in [3.8, 4) is 5.75 Å². The quantitative estimate of drug-likeness (QED) is 0.890. The SMILES string of the molecule is COc1ccccc1NC(=O)CNc1ccc(F)cc1F. The molecule has 0 aliphatic carbocycles. The molecular weight excluding hydrogens is 278 g/mol. The van der Waals surface area contributed by atoms with E-state index in [1.165, 1.54) is 13.2 Å². The monoisotopic (exact) mass is 292 g/mol. The molecule has 0 unspecified atom stereocenters. The van der Waals surface area contributed by atoms with Crippen LogP contribution < -0.4 is 15.4 Å². The van der Waals surface area contributed by atoms with E-state index in [2.05, 4.69) is 10.6 Å². The Balaban J connectivity index is 1.96. The number of methoxy groups -OCH3 is 1. The van der Waals surface area contributed by atoms with Crippen molar-refractivity contribution in [3.63, 3.8) is 0 Å². The topological polar surface area (TPSA) is 50.4 Å². The average molecular weight is 292 g/mol. The second kappa shape index (κ2) is 6.69. The number of amides is 1. The Morgan fingerprint density at radius 2 is 1.90 bits per heavy atom. The third-order valence-electron chi connectivity index (χ3n) is 2.75. The molecule has 0 atom stereocenters. The summed E-state index contributed by atoms with van der Waals surface area (Å²) in [6.07, 6.45) is 0. The lowest BCUT2D eigenvalue weighted by atomic mass is 10.3. The van der Waals surface area contributed by atoms with E-state index in [0.29, 0.717) is 11.4 Å². The lowest BCUT2D eigenvalue weighted by molar-refractivity contribution is -0.114. The summed E-state index contributed by atoms with van der Waals surface area (Å²) in [5.74, 6) is -1.27. The van der Waals surface area contributed by atoms with Crippen molar-refractivity contribution in [3.05, 3.63) is 54.1 Å². The molecule has 110 valence electrons. The third kappa shape index (κ3) is 3.92. The first-order valence-electron chi connectivity index (χ1n) is 6.22. The Morgan fingerprint density at radius 1 is 1.14 bits per heavy atom. The van der Waals surface area contributed by atoms with Crippen LogP contribution in [0.2, 0.25) is 0 Å². The van der Waals surface area contributed by atoms with Crippen LogP contribution in [0, 0.1) is 11.6 Å². The minimum atomic E-state index is -0.750. The maximum atomic E-state index is 13.4. The van der Waals surface area contributed by atoms with Gasteiger partial charge in [-0.25, -0.2) is 8.78 Å². The van der Waals surface area contributed by atoms with Crippen LogP contribution in [0.4, 0.5) is 20.2 Å². The molecule has 0 spiro atoms. The molecule has 0 radical (unpaired) electrons. The minimum Gasteiger partial charge on any atom is -0.495 e. The van der Waals surface area contributed by atoms with Crippen molar-refractivity contribution in [2.45, 2.75) is 0 Å². The smallest absolute Gasteiger partial charge is 0.243 e. The molecule has 0 aliphatic heterocycles. The number of benzene rings is 2. The number of rotatable bonds is 5. The van der Waals surface area contributed by atoms with Gasteiger partial charge in [-0.05, 0) is 24.3 Å². The zero-order valence-corrected chi connectivity index (χ0v) is 11.3. The molecule has 4 nitrogen and oxygen atoms in total. The normalized spacial score (nSPS) is 10.0. The summed E-state index contributed by atoms with van der Waals surface area (Å²) in [5.41, 5.74) is 0.581. The van der Waals surface area contributed by atoms with Gasteiger partial charge in [-0.1, -0.05) is 12.1 Å². The number of carbonyl (C=O) groups excluding carboxylic acids is 1. The first-order chi connectivity index (χ1) is 10.1. The van der Waals surface area contributed by atoms with E-state index in [4.69, 9.17) is 4.74 Å². The van der Waals surface area contributed by atoms with E-state index >= 15 is 0 Å². The highest BCUT2D eigenvalue weighted by atomic mass is 19.1. The number of hydrogen-bond acceptors (Lipinski definition) is 3. The minimum absolute atomic E-state index is 0.0616. The summed E-state index contributed by atoms with van der Waals surface area (Å²) in [4.78, 5) is 11.8. The van der Waals surface area contributed by atoms with Gasteiger partial charge in [-0.2, -0.15) is 0 Å². The van der Waals surface area contributed by atoms with Gasteiger partial charge in [0.05, 0.1) is 25.0 Å². The highest BCUT2D eigenvalue weighted by Gasteiger charge is 2.08. The molecule has 0 saturated carbocycles. The number of halogens is 2. The molecule has 6 heteroatoms. The molecule has 1 amide bonds. The molecule has 2 aromatic rings. The molecule has 2 N–H and O–H groups in total. The number of carbonyl (C=O) groups is 1. The van der Waals surface area contributed by atoms with E-state index in [1.54, 1.807) is 24.3 Å². The van der Waals surface area contributed by atoms with Crippen LogP contribution in [0.3, 0.4) is 0 Å². The zero-order valence-electron chi connectivity index (χ0n) is 11.3. The van der Waals surface area contributed by atoms with Gasteiger partial charge in [0.2, 0.25) is 5.91 Å². The van der Waals surface area contributed by atoms with Crippen molar-refractivity contribution in [2.75, 3.05) is 24.3 Å². The summed E-state index contributed by atoms with van der Waals surface area (Å²) < 4.78 is 31.3. The van der Waals surface area contributed by atoms with Crippen molar-refractivity contribution in [2.24, 2.45) is 0 Å². The Hall–Kier alpha value is -2.63. The Kier molecular flexibility index (Phi) is 4.71. The second-order valence-corrected chi connectivity index (χ2v) is 4.23. The zero-order chi connectivity index (χ0) is 15.2. The number of anilines is 2. The van der Waals surface area contributed by atoms with Crippen molar-refractivity contribution >= 4 is 17.3 Å². The number of ether oxygens (including phenoxy) is 1. The van der Waals surface area contributed by atoms with Crippen LogP contribution in [0.5, 0.6) is 5.75 Å². The van der Waals surface area contributed by atoms with Gasteiger partial charge in [-0.3, -0.25) is 4.79 Å². The lowest BCUT2D eigenvalue weighted by Gasteiger charge is -2.11. The van der Waals surface area contributed by atoms with Crippen molar-refractivity contribution < 1.29 is 18.3 Å². The summed E-state index contributed by atoms with van der Waals surface area (Å²) in [6, 6.07) is 10.0. The highest BCUT2D eigenvalue weighted by Crippen LogP contribution is 2.22. The largest absolute Gasteiger partial charge is 0.495 e. The predicted molar refractivity (Wildman–Crippen MR) is 76.5 cm³/mol.